The van der Waals surface area contributed by atoms with Gasteiger partial charge in [-0.15, -0.1) is 0 Å². The average Bonchev–Trinajstić information content (AvgIpc) is 2.95. The molecule has 1 aliphatic rings. The molecule has 42 heavy (non-hydrogen) atoms. The molecule has 1 saturated carbocycles. The van der Waals surface area contributed by atoms with E-state index in [-0.39, 0.29) is 28.9 Å². The molecule has 2 aromatic rings. The summed E-state index contributed by atoms with van der Waals surface area (Å²) in [4.78, 5) is 0.189. The Kier molecular flexibility index (Phi) is 15.0. The molecule has 236 valence electrons. The maximum atomic E-state index is 12.8. The normalized spacial score (nSPS) is 16.6. The average molecular weight is 621 g/mol. The maximum absolute atomic E-state index is 12.8. The van der Waals surface area contributed by atoms with E-state index in [2.05, 4.69) is 0 Å². The van der Waals surface area contributed by atoms with Crippen molar-refractivity contribution in [1.82, 2.24) is 0 Å². The first kappa shape index (κ1) is 34.7. The molecule has 1 aliphatic carbocycles. The second kappa shape index (κ2) is 18.2. The highest BCUT2D eigenvalue weighted by Gasteiger charge is 2.22. The molecule has 0 unspecified atom stereocenters. The number of unbranched alkanes of at least 4 members (excludes halogenated alkanes) is 2. The van der Waals surface area contributed by atoms with Crippen molar-refractivity contribution in [3.05, 3.63) is 59.7 Å². The smallest absolute Gasteiger partial charge is 0.266 e. The first-order chi connectivity index (χ1) is 20.2. The van der Waals surface area contributed by atoms with Gasteiger partial charge in [0, 0.05) is 5.92 Å². The SMILES string of the molecule is Cc1ccc(S(=O)(=O)OCC(CCCCCC2CCCCCCCCCCC2)COS(=O)(=O)c2ccc(C)cc2)cc1. The maximum Gasteiger partial charge on any atom is 0.296 e. The summed E-state index contributed by atoms with van der Waals surface area (Å²) in [6.45, 7) is 3.54. The van der Waals surface area contributed by atoms with Crippen molar-refractivity contribution in [2.75, 3.05) is 13.2 Å². The van der Waals surface area contributed by atoms with Gasteiger partial charge in [-0.1, -0.05) is 132 Å². The Balaban J connectivity index is 1.53. The van der Waals surface area contributed by atoms with E-state index in [1.807, 2.05) is 13.8 Å². The van der Waals surface area contributed by atoms with E-state index >= 15 is 0 Å². The summed E-state index contributed by atoms with van der Waals surface area (Å²) >= 11 is 0. The molecule has 0 radical (unpaired) electrons. The number of hydrogen-bond acceptors (Lipinski definition) is 6. The van der Waals surface area contributed by atoms with Crippen LogP contribution >= 0.6 is 0 Å². The topological polar surface area (TPSA) is 86.7 Å². The highest BCUT2D eigenvalue weighted by molar-refractivity contribution is 7.87. The molecule has 2 aromatic carbocycles. The molecule has 0 N–H and O–H groups in total. The van der Waals surface area contributed by atoms with Crippen molar-refractivity contribution < 1.29 is 25.2 Å². The van der Waals surface area contributed by atoms with E-state index in [1.54, 1.807) is 24.3 Å². The minimum atomic E-state index is -3.95. The standard InChI is InChI=1S/C34H52O6S2/c1-29-19-23-33(24-20-29)41(35,36)39-27-32(28-40-42(37,38)34-25-21-30(2)22-26-34)18-14-10-13-17-31-15-11-8-6-4-3-5-7-9-12-16-31/h19-26,31-32H,3-18,27-28H2,1-2H3. The number of benzene rings is 2. The van der Waals surface area contributed by atoms with E-state index < -0.39 is 20.2 Å². The molecule has 0 atom stereocenters. The fraction of sp³-hybridized carbons (Fsp3) is 0.647. The van der Waals surface area contributed by atoms with Gasteiger partial charge in [-0.3, -0.25) is 8.37 Å². The van der Waals surface area contributed by atoms with Crippen LogP contribution in [-0.2, 0) is 28.6 Å². The highest BCUT2D eigenvalue weighted by atomic mass is 32.2. The van der Waals surface area contributed by atoms with Gasteiger partial charge in [-0.05, 0) is 50.5 Å². The van der Waals surface area contributed by atoms with Crippen molar-refractivity contribution in [3.63, 3.8) is 0 Å². The lowest BCUT2D eigenvalue weighted by Crippen LogP contribution is -2.21. The minimum Gasteiger partial charge on any atom is -0.266 e. The Hall–Kier alpha value is -1.74. The van der Waals surface area contributed by atoms with Crippen LogP contribution in [0.15, 0.2) is 58.3 Å². The predicted octanol–water partition coefficient (Wildman–Crippen LogP) is 8.90. The molecule has 0 spiro atoms. The van der Waals surface area contributed by atoms with Gasteiger partial charge in [0.15, 0.2) is 0 Å². The zero-order valence-electron chi connectivity index (χ0n) is 25.8. The Morgan fingerprint density at radius 1 is 0.595 bits per heavy atom. The molecule has 0 saturated heterocycles. The van der Waals surface area contributed by atoms with Crippen LogP contribution in [-0.4, -0.2) is 30.0 Å². The highest BCUT2D eigenvalue weighted by Crippen LogP contribution is 2.26. The van der Waals surface area contributed by atoms with Crippen molar-refractivity contribution in [1.29, 1.82) is 0 Å². The molecule has 0 amide bonds. The van der Waals surface area contributed by atoms with Crippen LogP contribution in [0.4, 0.5) is 0 Å². The van der Waals surface area contributed by atoms with Gasteiger partial charge in [0.1, 0.15) is 0 Å². The fourth-order valence-electron chi connectivity index (χ4n) is 5.71. The third-order valence-electron chi connectivity index (χ3n) is 8.49. The first-order valence-electron chi connectivity index (χ1n) is 16.1. The van der Waals surface area contributed by atoms with Gasteiger partial charge in [0.05, 0.1) is 23.0 Å². The molecule has 0 aromatic heterocycles. The third-order valence-corrected chi connectivity index (χ3v) is 11.1. The Bertz CT molecular complexity index is 1150. The van der Waals surface area contributed by atoms with Gasteiger partial charge in [0.2, 0.25) is 0 Å². The van der Waals surface area contributed by atoms with Gasteiger partial charge < -0.3 is 0 Å². The van der Waals surface area contributed by atoms with Crippen molar-refractivity contribution >= 4 is 20.2 Å². The van der Waals surface area contributed by atoms with Crippen LogP contribution in [0.25, 0.3) is 0 Å². The molecule has 0 heterocycles. The lowest BCUT2D eigenvalue weighted by atomic mass is 9.88. The lowest BCUT2D eigenvalue weighted by Gasteiger charge is -2.19. The Morgan fingerprint density at radius 2 is 1.00 bits per heavy atom. The van der Waals surface area contributed by atoms with E-state index in [0.717, 1.165) is 36.3 Å². The van der Waals surface area contributed by atoms with Crippen molar-refractivity contribution in [2.24, 2.45) is 11.8 Å². The molecule has 0 aliphatic heterocycles. The lowest BCUT2D eigenvalue weighted by molar-refractivity contribution is 0.174. The van der Waals surface area contributed by atoms with Gasteiger partial charge in [0.25, 0.3) is 20.2 Å². The van der Waals surface area contributed by atoms with Gasteiger partial charge in [-0.25, -0.2) is 0 Å². The largest absolute Gasteiger partial charge is 0.296 e. The summed E-state index contributed by atoms with van der Waals surface area (Å²) in [5, 5.41) is 0. The Labute approximate surface area is 255 Å². The zero-order chi connectivity index (χ0) is 30.3. The third kappa shape index (κ3) is 12.9. The second-order valence-electron chi connectivity index (χ2n) is 12.2. The summed E-state index contributed by atoms with van der Waals surface area (Å²) < 4.78 is 62.1. The van der Waals surface area contributed by atoms with Crippen LogP contribution in [0.2, 0.25) is 0 Å². The first-order valence-corrected chi connectivity index (χ1v) is 18.9. The molecule has 6 nitrogen and oxygen atoms in total. The van der Waals surface area contributed by atoms with Crippen molar-refractivity contribution in [2.45, 2.75) is 126 Å². The van der Waals surface area contributed by atoms with Gasteiger partial charge in [-0.2, -0.15) is 16.8 Å². The summed E-state index contributed by atoms with van der Waals surface area (Å²) in [5.74, 6) is 0.429. The number of hydrogen-bond donors (Lipinski definition) is 0. The van der Waals surface area contributed by atoms with Crippen LogP contribution in [0, 0.1) is 25.7 Å². The van der Waals surface area contributed by atoms with Crippen molar-refractivity contribution in [3.8, 4) is 0 Å². The Morgan fingerprint density at radius 3 is 1.43 bits per heavy atom. The van der Waals surface area contributed by atoms with E-state index in [0.29, 0.717) is 6.42 Å². The predicted molar refractivity (Wildman–Crippen MR) is 169 cm³/mol. The quantitative estimate of drug-likeness (QED) is 0.155. The zero-order valence-corrected chi connectivity index (χ0v) is 27.4. The summed E-state index contributed by atoms with van der Waals surface area (Å²) in [6, 6.07) is 13.0. The molecular weight excluding hydrogens is 569 g/mol. The molecule has 0 bridgehead atoms. The second-order valence-corrected chi connectivity index (χ2v) is 15.5. The molecular formula is C34H52O6S2. The van der Waals surface area contributed by atoms with E-state index in [4.69, 9.17) is 8.37 Å². The summed E-state index contributed by atoms with van der Waals surface area (Å²) in [5.41, 5.74) is 1.91. The van der Waals surface area contributed by atoms with Crippen LogP contribution in [0.5, 0.6) is 0 Å². The van der Waals surface area contributed by atoms with Crippen LogP contribution in [0.3, 0.4) is 0 Å². The minimum absolute atomic E-state index is 0.0945. The summed E-state index contributed by atoms with van der Waals surface area (Å²) in [7, 11) is -7.91. The number of rotatable bonds is 14. The van der Waals surface area contributed by atoms with Crippen LogP contribution in [0.1, 0.15) is 114 Å². The fourth-order valence-corrected chi connectivity index (χ4v) is 7.67. The molecule has 3 rings (SSSR count). The van der Waals surface area contributed by atoms with E-state index in [9.17, 15) is 16.8 Å². The van der Waals surface area contributed by atoms with E-state index in [1.165, 1.54) is 101 Å². The summed E-state index contributed by atoms with van der Waals surface area (Å²) in [6.07, 6.45) is 19.9. The molecule has 8 heteroatoms. The van der Waals surface area contributed by atoms with Gasteiger partial charge >= 0.3 is 0 Å². The number of aryl methyl sites for hydroxylation is 2. The monoisotopic (exact) mass is 620 g/mol. The molecule has 1 fully saturated rings. The van der Waals surface area contributed by atoms with Crippen LogP contribution < -0.4 is 0 Å².